The fourth-order valence-corrected chi connectivity index (χ4v) is 19.6. The molecule has 18 heteroatoms. The zero-order valence-corrected chi connectivity index (χ0v) is 79.5. The number of nitrogens with one attached hydrogen (secondary N) is 5. The van der Waals surface area contributed by atoms with Crippen molar-refractivity contribution in [1.82, 2.24) is 26.6 Å². The summed E-state index contributed by atoms with van der Waals surface area (Å²) in [6, 6.07) is 0. The molecule has 5 N–H and O–H groups in total. The van der Waals surface area contributed by atoms with E-state index in [0.29, 0.717) is 41.9 Å². The van der Waals surface area contributed by atoms with Crippen LogP contribution in [0.15, 0.2) is 12.2 Å². The first-order valence-electron chi connectivity index (χ1n) is 50.7. The van der Waals surface area contributed by atoms with Crippen LogP contribution in [0.5, 0.6) is 0 Å². The van der Waals surface area contributed by atoms with E-state index >= 15 is 0 Å². The highest BCUT2D eigenvalue weighted by Crippen LogP contribution is 2.60. The maximum absolute atomic E-state index is 10.6. The lowest BCUT2D eigenvalue weighted by Crippen LogP contribution is -2.35. The zero-order valence-electron chi connectivity index (χ0n) is 76.2. The van der Waals surface area contributed by atoms with Gasteiger partial charge >= 0.3 is 0 Å². The molecule has 10 saturated heterocycles. The van der Waals surface area contributed by atoms with Crippen LogP contribution < -0.4 is 26.6 Å². The third kappa shape index (κ3) is 84.9. The molecule has 10 aliphatic heterocycles. The van der Waals surface area contributed by atoms with E-state index < -0.39 is 19.7 Å². The van der Waals surface area contributed by atoms with Gasteiger partial charge in [0.25, 0.3) is 0 Å². The van der Waals surface area contributed by atoms with Crippen LogP contribution in [0.3, 0.4) is 0 Å². The van der Waals surface area contributed by atoms with Crippen LogP contribution in [-0.4, -0.2) is 187 Å². The smallest absolute Gasteiger partial charge is 0.152 e. The molecule has 0 aromatic heterocycles. The largest absolute Gasteiger partial charge is 0.381 e. The van der Waals surface area contributed by atoms with Crippen LogP contribution in [0.4, 0.5) is 0 Å². The van der Waals surface area contributed by atoms with E-state index in [0.717, 1.165) is 110 Å². The van der Waals surface area contributed by atoms with Crippen molar-refractivity contribution in [1.29, 1.82) is 0 Å². The van der Waals surface area contributed by atoms with Gasteiger partial charge in [-0.25, -0.2) is 16.8 Å². The van der Waals surface area contributed by atoms with E-state index in [1.165, 1.54) is 420 Å². The third-order valence-electron chi connectivity index (χ3n) is 24.7. The van der Waals surface area contributed by atoms with E-state index in [9.17, 15) is 21.6 Å². The maximum atomic E-state index is 10.6. The minimum atomic E-state index is -2.65. The molecule has 14 nitrogen and oxygen atoms in total. The molecule has 12 aliphatic carbocycles. The molecule has 22 fully saturated rings. The molecule has 1 spiro atoms. The number of carbonyl (C=O) groups is 1. The molecule has 22 aliphatic rings. The number of allylic oxidation sites excluding steroid dienone is 1. The summed E-state index contributed by atoms with van der Waals surface area (Å²) in [6.45, 7) is 22.4. The topological polar surface area (TPSA) is 182 Å². The van der Waals surface area contributed by atoms with E-state index in [1.807, 2.05) is 11.8 Å². The van der Waals surface area contributed by atoms with Gasteiger partial charge in [0.1, 0.15) is 15.6 Å². The highest BCUT2D eigenvalue weighted by atomic mass is 32.2. The van der Waals surface area contributed by atoms with Crippen LogP contribution in [0.2, 0.25) is 0 Å². The summed E-state index contributed by atoms with van der Waals surface area (Å²) in [5.74, 6) is 9.80. The summed E-state index contributed by atoms with van der Waals surface area (Å²) in [4.78, 5) is 10.2. The number of hydrogen-bond donors (Lipinski definition) is 5. The number of carbonyl (C=O) groups excluding carboxylic acids is 1. The Morgan fingerprint density at radius 1 is 0.265 bits per heavy atom. The van der Waals surface area contributed by atoms with Gasteiger partial charge in [0.15, 0.2) is 9.84 Å². The number of hydrogen-bond acceptors (Lipinski definition) is 16. The van der Waals surface area contributed by atoms with Gasteiger partial charge in [0.2, 0.25) is 0 Å². The summed E-state index contributed by atoms with van der Waals surface area (Å²) < 4.78 is 62.3. The van der Waals surface area contributed by atoms with E-state index in [2.05, 4.69) is 44.9 Å². The molecule has 2 unspecified atom stereocenters. The highest BCUT2D eigenvalue weighted by molar-refractivity contribution is 7.99. The summed E-state index contributed by atoms with van der Waals surface area (Å²) in [7, 11) is -5.19. The zero-order chi connectivity index (χ0) is 82.6. The van der Waals surface area contributed by atoms with Gasteiger partial charge in [-0.1, -0.05) is 264 Å². The van der Waals surface area contributed by atoms with Crippen LogP contribution in [0.25, 0.3) is 0 Å². The van der Waals surface area contributed by atoms with Crippen molar-refractivity contribution < 1.29 is 40.6 Å². The lowest BCUT2D eigenvalue weighted by Gasteiger charge is -2.23. The summed E-state index contributed by atoms with van der Waals surface area (Å²) in [6.07, 6.45) is 93.2. The number of ether oxygens (including phenoxy) is 4. The van der Waals surface area contributed by atoms with E-state index in [4.69, 9.17) is 18.9 Å². The van der Waals surface area contributed by atoms with Crippen molar-refractivity contribution in [2.75, 3.05) is 164 Å². The van der Waals surface area contributed by atoms with Gasteiger partial charge in [-0.3, -0.25) is 4.79 Å². The third-order valence-corrected chi connectivity index (χ3v) is 30.3. The molecule has 0 bridgehead atoms. The molecular formula is C99H197N5O9S4. The average Bonchev–Trinajstić information content (AvgIpc) is 1.66. The quantitative estimate of drug-likeness (QED) is 0.114. The van der Waals surface area contributed by atoms with Gasteiger partial charge < -0.3 is 45.5 Å². The van der Waals surface area contributed by atoms with Gasteiger partial charge in [0, 0.05) is 103 Å². The SMILES string of the molecule is C.C1CC1.C1CC2(C1)CC2.C1CC2CC2C1.C1CCC1.C1CCC1.C1CCCC1.C1CCCCCC1.C1CCCCCC1.C1CCCOCC1.C1CCNCC1.C1CCNCC1.C1CCOC1.C1CCOCC1.C1CCSC1.C1COCCN1.C1CSCCN1.C=C1CCCC1.O=C1CCCC1.O=S1(=O)CCCC1.O=S1(=O)CCNCC1. The number of morpholine rings is 1. The molecule has 12 saturated carbocycles. The van der Waals surface area contributed by atoms with E-state index in [1.54, 1.807) is 44.9 Å². The van der Waals surface area contributed by atoms with Crippen LogP contribution in [-0.2, 0) is 43.4 Å². The Bertz CT molecular complexity index is 1920. The summed E-state index contributed by atoms with van der Waals surface area (Å²) >= 11 is 4.11. The number of sulfone groups is 2. The van der Waals surface area contributed by atoms with Gasteiger partial charge in [-0.15, -0.1) is 0 Å². The van der Waals surface area contributed by atoms with Gasteiger partial charge in [0.05, 0.1) is 36.2 Å². The fourth-order valence-electron chi connectivity index (χ4n) is 15.2. The summed E-state index contributed by atoms with van der Waals surface area (Å²) in [5, 5.41) is 16.0. The Hall–Kier alpha value is -0.350. The second-order valence-electron chi connectivity index (χ2n) is 36.3. The fraction of sp³-hybridized carbons (Fsp3) is 0.970. The lowest BCUT2D eigenvalue weighted by atomic mass is 9.82. The Morgan fingerprint density at radius 2 is 0.538 bits per heavy atom. The monoisotopic (exact) mass is 1730 g/mol. The molecule has 696 valence electrons. The normalized spacial score (nSPS) is 26.2. The van der Waals surface area contributed by atoms with Gasteiger partial charge in [-0.2, -0.15) is 23.5 Å². The van der Waals surface area contributed by atoms with E-state index in [-0.39, 0.29) is 7.43 Å². The molecule has 0 radical (unpaired) electrons. The van der Waals surface area contributed by atoms with Crippen molar-refractivity contribution in [3.8, 4) is 0 Å². The number of fused-ring (bicyclic) bond motifs is 1. The lowest BCUT2D eigenvalue weighted by molar-refractivity contribution is -0.117. The Morgan fingerprint density at radius 3 is 0.667 bits per heavy atom. The van der Waals surface area contributed by atoms with Crippen LogP contribution in [0, 0.1) is 17.3 Å². The molecule has 117 heavy (non-hydrogen) atoms. The molecule has 0 aromatic carbocycles. The molecule has 2 atom stereocenters. The molecule has 22 rings (SSSR count). The number of piperidine rings is 2. The van der Waals surface area contributed by atoms with Crippen molar-refractivity contribution >= 4 is 49.0 Å². The standard InChI is InChI=1S/2C7H14.C6H12O.3C6H10.2C5H11N.C5H10O.C5H8O.C5H10.C4H9NO2S.C4H9NO.C4H9NS.C4H8O2S.C4H8O.C4H8S.2C4H8.C3H6.CH4/c3*1-2-4-6-7-5-3-1;1-2-6(3-1)4-5-6;1-2-5-4-6(5)3-1;1-6-4-2-3-5-6;3*1-2-4-6-5-3-1;6-5-3-1-2-4-5;1-2-4-5-3-1;6-8(7)3-1-5-2-4-8;2*1-3-6-4-2-5-1;5-7(6)3-1-2-4-7;2*1-2-4-5-3-1;2*1-2-4-3-1;1-2-3-1;/h2*1-7H2;1-6H2;1-5H2;5-6H,1-4H2;1-5H2;2*6H,1-5H2;1-5H2;1-4H2;1-5H2;5H,1-4H2;2*5H,1-4H2;1-4H2;2*1-4H2;2*1-4H2;1-3H2;1H4. The van der Waals surface area contributed by atoms with Crippen molar-refractivity contribution in [3.05, 3.63) is 12.2 Å². The Balaban J connectivity index is 0.000000418. The minimum absolute atomic E-state index is 0. The first-order chi connectivity index (χ1) is 57.1. The van der Waals surface area contributed by atoms with Crippen molar-refractivity contribution in [3.63, 3.8) is 0 Å². The number of Topliss-reactive ketones (excluding diaryl/α,β-unsaturated/α-hetero) is 1. The van der Waals surface area contributed by atoms with Crippen LogP contribution in [0.1, 0.15) is 431 Å². The first-order valence-corrected chi connectivity index (χ1v) is 56.6. The first kappa shape index (κ1) is 113. The summed E-state index contributed by atoms with van der Waals surface area (Å²) in [5.41, 5.74) is 2.43. The minimum Gasteiger partial charge on any atom is -0.381 e. The maximum Gasteiger partial charge on any atom is 0.152 e. The highest BCUT2D eigenvalue weighted by Gasteiger charge is 2.47. The van der Waals surface area contributed by atoms with Crippen molar-refractivity contribution in [2.45, 2.75) is 431 Å². The molecular weight excluding hydrogens is 1530 g/mol. The van der Waals surface area contributed by atoms with Gasteiger partial charge in [-0.05, 0) is 222 Å². The second-order valence-corrected chi connectivity index (χ2v) is 43.4. The second kappa shape index (κ2) is 86.4. The Kier molecular flexibility index (Phi) is 83.2. The number of rotatable bonds is 0. The predicted octanol–water partition coefficient (Wildman–Crippen LogP) is 25.1. The average molecular weight is 1730 g/mol. The molecule has 0 amide bonds. The number of ketones is 1. The molecule has 10 heterocycles. The predicted molar refractivity (Wildman–Crippen MR) is 515 cm³/mol. The van der Waals surface area contributed by atoms with Crippen molar-refractivity contribution in [2.24, 2.45) is 17.3 Å². The molecule has 0 aromatic rings. The van der Waals surface area contributed by atoms with Crippen LogP contribution >= 0.6 is 23.5 Å². The number of thioether (sulfide) groups is 2. The Labute approximate surface area is 736 Å².